The predicted octanol–water partition coefficient (Wildman–Crippen LogP) is 2.83. The summed E-state index contributed by atoms with van der Waals surface area (Å²) in [5.74, 6) is 0.315. The molecule has 0 radical (unpaired) electrons. The number of carbonyl (C=O) groups is 1. The highest BCUT2D eigenvalue weighted by atomic mass is 16.1. The highest BCUT2D eigenvalue weighted by Crippen LogP contribution is 2.31. The minimum absolute atomic E-state index is 0.408. The van der Waals surface area contributed by atoms with Gasteiger partial charge in [-0.25, -0.2) is 0 Å². The van der Waals surface area contributed by atoms with E-state index in [4.69, 9.17) is 5.73 Å². The van der Waals surface area contributed by atoms with Crippen molar-refractivity contribution in [1.82, 2.24) is 0 Å². The Morgan fingerprint density at radius 3 is 2.78 bits per heavy atom. The molecule has 1 aliphatic carbocycles. The van der Waals surface area contributed by atoms with Crippen molar-refractivity contribution in [1.29, 1.82) is 0 Å². The van der Waals surface area contributed by atoms with Crippen molar-refractivity contribution in [2.75, 3.05) is 0 Å². The van der Waals surface area contributed by atoms with E-state index in [2.05, 4.69) is 11.1 Å². The van der Waals surface area contributed by atoms with E-state index in [1.165, 1.54) is 12.8 Å². The standard InChI is InChI=1S/C15H18N2O/c1-10-3-6-13(15(16)18)8-14(10)9-17-11(2)7-12-4-5-12/h3,6-9,12H,4-5H2,1-2H3,(H2,16,18). The Kier molecular flexibility index (Phi) is 3.60. The molecule has 0 atom stereocenters. The SMILES string of the molecule is CC(=CC1CC1)N=Cc1cc(C(N)=O)ccc1C. The number of nitrogens with two attached hydrogens (primary N) is 1. The first kappa shape index (κ1) is 12.6. The van der Waals surface area contributed by atoms with Crippen LogP contribution in [-0.4, -0.2) is 12.1 Å². The number of aryl methyl sites for hydroxylation is 1. The number of hydrogen-bond acceptors (Lipinski definition) is 2. The average molecular weight is 242 g/mol. The second kappa shape index (κ2) is 5.17. The third-order valence-corrected chi connectivity index (χ3v) is 3.07. The minimum Gasteiger partial charge on any atom is -0.366 e. The maximum absolute atomic E-state index is 11.1. The van der Waals surface area contributed by atoms with Crippen molar-refractivity contribution in [3.8, 4) is 0 Å². The zero-order valence-electron chi connectivity index (χ0n) is 10.8. The van der Waals surface area contributed by atoms with Crippen LogP contribution in [-0.2, 0) is 0 Å². The number of primary amides is 1. The Hall–Kier alpha value is -1.90. The first-order valence-electron chi connectivity index (χ1n) is 6.19. The molecule has 18 heavy (non-hydrogen) atoms. The summed E-state index contributed by atoms with van der Waals surface area (Å²) in [5, 5.41) is 0. The molecule has 94 valence electrons. The molecule has 1 aromatic rings. The minimum atomic E-state index is -0.408. The van der Waals surface area contributed by atoms with Gasteiger partial charge < -0.3 is 5.73 Å². The lowest BCUT2D eigenvalue weighted by molar-refractivity contribution is 0.100. The lowest BCUT2D eigenvalue weighted by Crippen LogP contribution is -2.11. The molecule has 0 spiro atoms. The van der Waals surface area contributed by atoms with Gasteiger partial charge in [0.1, 0.15) is 0 Å². The van der Waals surface area contributed by atoms with Gasteiger partial charge in [-0.2, -0.15) is 0 Å². The van der Waals surface area contributed by atoms with Crippen LogP contribution in [0.2, 0.25) is 0 Å². The molecular formula is C15H18N2O. The Bertz CT molecular complexity index is 525. The van der Waals surface area contributed by atoms with E-state index >= 15 is 0 Å². The molecule has 3 heteroatoms. The molecular weight excluding hydrogens is 224 g/mol. The molecule has 0 unspecified atom stereocenters. The number of benzene rings is 1. The van der Waals surface area contributed by atoms with Crippen LogP contribution in [0, 0.1) is 12.8 Å². The van der Waals surface area contributed by atoms with E-state index < -0.39 is 5.91 Å². The summed E-state index contributed by atoms with van der Waals surface area (Å²) in [5.41, 5.74) is 8.84. The summed E-state index contributed by atoms with van der Waals surface area (Å²) < 4.78 is 0. The van der Waals surface area contributed by atoms with Crippen molar-refractivity contribution in [2.24, 2.45) is 16.6 Å². The lowest BCUT2D eigenvalue weighted by Gasteiger charge is -2.02. The topological polar surface area (TPSA) is 55.4 Å². The largest absolute Gasteiger partial charge is 0.366 e. The zero-order valence-corrected chi connectivity index (χ0v) is 10.8. The van der Waals surface area contributed by atoms with Gasteiger partial charge in [0, 0.05) is 17.5 Å². The predicted molar refractivity (Wildman–Crippen MR) is 73.8 cm³/mol. The van der Waals surface area contributed by atoms with Crippen LogP contribution < -0.4 is 5.73 Å². The fourth-order valence-electron chi connectivity index (χ4n) is 1.75. The van der Waals surface area contributed by atoms with Gasteiger partial charge >= 0.3 is 0 Å². The van der Waals surface area contributed by atoms with Crippen molar-refractivity contribution < 1.29 is 4.79 Å². The van der Waals surface area contributed by atoms with Crippen molar-refractivity contribution in [3.05, 3.63) is 46.7 Å². The fraction of sp³-hybridized carbons (Fsp3) is 0.333. The summed E-state index contributed by atoms with van der Waals surface area (Å²) in [4.78, 5) is 15.5. The van der Waals surface area contributed by atoms with E-state index in [0.29, 0.717) is 5.56 Å². The number of rotatable bonds is 4. The first-order chi connectivity index (χ1) is 8.56. The number of carbonyl (C=O) groups excluding carboxylic acids is 1. The van der Waals surface area contributed by atoms with E-state index in [0.717, 1.165) is 22.7 Å². The monoisotopic (exact) mass is 242 g/mol. The average Bonchev–Trinajstić information content (AvgIpc) is 3.11. The second-order valence-electron chi connectivity index (χ2n) is 4.84. The van der Waals surface area contributed by atoms with Gasteiger partial charge in [-0.1, -0.05) is 12.1 Å². The Labute approximate surface area is 107 Å². The number of nitrogens with zero attached hydrogens (tertiary/aromatic N) is 1. The van der Waals surface area contributed by atoms with Crippen LogP contribution in [0.3, 0.4) is 0 Å². The molecule has 0 aromatic heterocycles. The fourth-order valence-corrected chi connectivity index (χ4v) is 1.75. The number of amides is 1. The Morgan fingerprint density at radius 2 is 2.17 bits per heavy atom. The lowest BCUT2D eigenvalue weighted by atomic mass is 10.1. The van der Waals surface area contributed by atoms with Crippen LogP contribution in [0.15, 0.2) is 35.0 Å². The number of hydrogen-bond donors (Lipinski definition) is 1. The molecule has 0 saturated heterocycles. The van der Waals surface area contributed by atoms with E-state index in [1.54, 1.807) is 18.3 Å². The normalized spacial score (nSPS) is 16.2. The molecule has 2 N–H and O–H groups in total. The highest BCUT2D eigenvalue weighted by Gasteiger charge is 2.18. The maximum Gasteiger partial charge on any atom is 0.248 e. The van der Waals surface area contributed by atoms with E-state index in [1.807, 2.05) is 19.9 Å². The van der Waals surface area contributed by atoms with Gasteiger partial charge in [0.15, 0.2) is 0 Å². The van der Waals surface area contributed by atoms with Crippen LogP contribution in [0.25, 0.3) is 0 Å². The third kappa shape index (κ3) is 3.29. The van der Waals surface area contributed by atoms with Gasteiger partial charge in [-0.05, 0) is 55.9 Å². The third-order valence-electron chi connectivity index (χ3n) is 3.07. The highest BCUT2D eigenvalue weighted by molar-refractivity contribution is 5.95. The van der Waals surface area contributed by atoms with Gasteiger partial charge in [0.2, 0.25) is 5.91 Å². The molecule has 1 aromatic carbocycles. The number of allylic oxidation sites excluding steroid dienone is 2. The van der Waals surface area contributed by atoms with Crippen molar-refractivity contribution >= 4 is 12.1 Å². The number of aliphatic imine (C=N–C) groups is 1. The Balaban J connectivity index is 2.19. The molecule has 1 saturated carbocycles. The van der Waals surface area contributed by atoms with Crippen LogP contribution in [0.5, 0.6) is 0 Å². The van der Waals surface area contributed by atoms with Crippen LogP contribution in [0.4, 0.5) is 0 Å². The summed E-state index contributed by atoms with van der Waals surface area (Å²) >= 11 is 0. The molecule has 3 nitrogen and oxygen atoms in total. The molecule has 0 heterocycles. The zero-order chi connectivity index (χ0) is 13.1. The molecule has 1 fully saturated rings. The summed E-state index contributed by atoms with van der Waals surface area (Å²) in [6.45, 7) is 3.99. The van der Waals surface area contributed by atoms with E-state index in [-0.39, 0.29) is 0 Å². The smallest absolute Gasteiger partial charge is 0.248 e. The maximum atomic E-state index is 11.1. The molecule has 1 aliphatic rings. The second-order valence-corrected chi connectivity index (χ2v) is 4.84. The van der Waals surface area contributed by atoms with Gasteiger partial charge in [0.05, 0.1) is 0 Å². The Morgan fingerprint density at radius 1 is 1.44 bits per heavy atom. The van der Waals surface area contributed by atoms with Crippen molar-refractivity contribution in [2.45, 2.75) is 26.7 Å². The van der Waals surface area contributed by atoms with Gasteiger partial charge in [-0.3, -0.25) is 9.79 Å². The summed E-state index contributed by atoms with van der Waals surface area (Å²) in [7, 11) is 0. The van der Waals surface area contributed by atoms with Gasteiger partial charge in [0.25, 0.3) is 0 Å². The first-order valence-corrected chi connectivity index (χ1v) is 6.19. The quantitative estimate of drug-likeness (QED) is 0.811. The van der Waals surface area contributed by atoms with Gasteiger partial charge in [-0.15, -0.1) is 0 Å². The summed E-state index contributed by atoms with van der Waals surface area (Å²) in [6, 6.07) is 5.41. The van der Waals surface area contributed by atoms with Crippen LogP contribution >= 0.6 is 0 Å². The van der Waals surface area contributed by atoms with Crippen LogP contribution in [0.1, 0.15) is 41.3 Å². The summed E-state index contributed by atoms with van der Waals surface area (Å²) in [6.07, 6.45) is 6.56. The molecule has 1 amide bonds. The molecule has 0 aliphatic heterocycles. The molecule has 2 rings (SSSR count). The van der Waals surface area contributed by atoms with Crippen molar-refractivity contribution in [3.63, 3.8) is 0 Å². The molecule has 0 bridgehead atoms. The van der Waals surface area contributed by atoms with E-state index in [9.17, 15) is 4.79 Å².